The Morgan fingerprint density at radius 3 is 2.80 bits per heavy atom. The molecule has 136 valence electrons. The first-order chi connectivity index (χ1) is 12.1. The van der Waals surface area contributed by atoms with Crippen LogP contribution >= 0.6 is 0 Å². The monoisotopic (exact) mass is 344 g/mol. The van der Waals surface area contributed by atoms with Crippen molar-refractivity contribution in [3.05, 3.63) is 17.6 Å². The zero-order valence-corrected chi connectivity index (χ0v) is 15.1. The highest BCUT2D eigenvalue weighted by atomic mass is 16.3. The Morgan fingerprint density at radius 2 is 2.12 bits per heavy atom. The van der Waals surface area contributed by atoms with Crippen molar-refractivity contribution in [2.75, 3.05) is 31.6 Å². The van der Waals surface area contributed by atoms with Crippen LogP contribution in [0.25, 0.3) is 0 Å². The Bertz CT molecular complexity index is 653. The van der Waals surface area contributed by atoms with E-state index in [-0.39, 0.29) is 17.9 Å². The minimum Gasteiger partial charge on any atom is -0.396 e. The summed E-state index contributed by atoms with van der Waals surface area (Å²) in [5.41, 5.74) is 2.17. The Balaban J connectivity index is 1.52. The van der Waals surface area contributed by atoms with Crippen LogP contribution in [0.15, 0.2) is 6.33 Å². The predicted octanol–water partition coefficient (Wildman–Crippen LogP) is 1.76. The average Bonchev–Trinajstić information content (AvgIpc) is 3.39. The summed E-state index contributed by atoms with van der Waals surface area (Å²) in [5, 5.41) is 9.90. The third-order valence-electron chi connectivity index (χ3n) is 6.16. The summed E-state index contributed by atoms with van der Waals surface area (Å²) in [6.07, 6.45) is 9.11. The van der Waals surface area contributed by atoms with Gasteiger partial charge in [0, 0.05) is 37.0 Å². The largest absolute Gasteiger partial charge is 0.396 e. The van der Waals surface area contributed by atoms with Crippen molar-refractivity contribution in [3.8, 4) is 0 Å². The molecule has 0 radical (unpaired) electrons. The molecule has 0 unspecified atom stereocenters. The van der Waals surface area contributed by atoms with Crippen molar-refractivity contribution in [3.63, 3.8) is 0 Å². The number of aliphatic hydroxyl groups excluding tert-OH is 1. The number of carbonyl (C=O) groups is 1. The van der Waals surface area contributed by atoms with Gasteiger partial charge in [0.15, 0.2) is 0 Å². The molecule has 3 aliphatic rings. The highest BCUT2D eigenvalue weighted by Gasteiger charge is 2.37. The van der Waals surface area contributed by atoms with E-state index in [4.69, 9.17) is 0 Å². The van der Waals surface area contributed by atoms with Gasteiger partial charge in [0.25, 0.3) is 0 Å². The Kier molecular flexibility index (Phi) is 4.40. The average molecular weight is 344 g/mol. The summed E-state index contributed by atoms with van der Waals surface area (Å²) in [6, 6.07) is 0. The molecule has 1 aromatic rings. The van der Waals surface area contributed by atoms with Crippen molar-refractivity contribution in [2.45, 2.75) is 51.5 Å². The topological polar surface area (TPSA) is 69.6 Å². The fourth-order valence-corrected chi connectivity index (χ4v) is 4.51. The highest BCUT2D eigenvalue weighted by Crippen LogP contribution is 2.39. The molecule has 25 heavy (non-hydrogen) atoms. The van der Waals surface area contributed by atoms with Crippen molar-refractivity contribution in [2.24, 2.45) is 11.3 Å². The first kappa shape index (κ1) is 16.8. The second-order valence-electron chi connectivity index (χ2n) is 8.13. The third kappa shape index (κ3) is 3.24. The lowest BCUT2D eigenvalue weighted by Gasteiger charge is -2.35. The van der Waals surface area contributed by atoms with Crippen LogP contribution in [0.4, 0.5) is 5.82 Å². The Labute approximate surface area is 149 Å². The van der Waals surface area contributed by atoms with Gasteiger partial charge in [-0.2, -0.15) is 0 Å². The van der Waals surface area contributed by atoms with Crippen LogP contribution in [0.5, 0.6) is 0 Å². The van der Waals surface area contributed by atoms with Gasteiger partial charge in [-0.25, -0.2) is 9.97 Å². The van der Waals surface area contributed by atoms with Crippen molar-refractivity contribution >= 4 is 11.7 Å². The molecule has 4 rings (SSSR count). The van der Waals surface area contributed by atoms with Crippen LogP contribution in [-0.2, 0) is 17.8 Å². The fraction of sp³-hybridized carbons (Fsp3) is 0.737. The van der Waals surface area contributed by atoms with Crippen LogP contribution in [0.1, 0.15) is 49.8 Å². The molecule has 2 saturated carbocycles. The van der Waals surface area contributed by atoms with Gasteiger partial charge in [-0.15, -0.1) is 0 Å². The van der Waals surface area contributed by atoms with Gasteiger partial charge in [-0.3, -0.25) is 4.79 Å². The number of carbonyl (C=O) groups excluding carboxylic acids is 1. The van der Waals surface area contributed by atoms with Crippen molar-refractivity contribution in [1.82, 2.24) is 14.9 Å². The zero-order chi connectivity index (χ0) is 17.4. The molecule has 2 fully saturated rings. The number of rotatable bonds is 5. The first-order valence-electron chi connectivity index (χ1n) is 9.55. The minimum absolute atomic E-state index is 0.00915. The maximum absolute atomic E-state index is 12.3. The molecule has 6 heteroatoms. The predicted molar refractivity (Wildman–Crippen MR) is 95.1 cm³/mol. The summed E-state index contributed by atoms with van der Waals surface area (Å²) in [5.74, 6) is 1.53. The smallest absolute Gasteiger partial charge is 0.226 e. The summed E-state index contributed by atoms with van der Waals surface area (Å²) in [4.78, 5) is 25.5. The van der Waals surface area contributed by atoms with Gasteiger partial charge in [0.1, 0.15) is 12.1 Å². The molecule has 0 bridgehead atoms. The maximum atomic E-state index is 12.3. The molecule has 0 spiro atoms. The molecule has 0 atom stereocenters. The number of nitrogens with zero attached hydrogens (tertiary/aromatic N) is 4. The normalized spacial score (nSPS) is 21.9. The molecule has 0 aromatic carbocycles. The number of anilines is 1. The van der Waals surface area contributed by atoms with E-state index in [9.17, 15) is 9.90 Å². The number of aliphatic hydroxyl groups is 1. The lowest BCUT2D eigenvalue weighted by Crippen LogP contribution is -2.40. The fourth-order valence-electron chi connectivity index (χ4n) is 4.51. The zero-order valence-electron chi connectivity index (χ0n) is 15.1. The standard InChI is InChI=1S/C19H28N4O2/c1-22(11-19(12-24)7-2-3-8-19)17-15-6-9-23(18(25)14-4-5-14)10-16(15)20-13-21-17/h13-14,24H,2-12H2,1H3. The molecule has 2 heterocycles. The van der Waals surface area contributed by atoms with Crippen LogP contribution < -0.4 is 4.90 Å². The van der Waals surface area contributed by atoms with Crippen LogP contribution in [-0.4, -0.2) is 52.6 Å². The SMILES string of the molecule is CN(CC1(CO)CCCC1)c1ncnc2c1CCN(C(=O)C1CC1)C2. The van der Waals surface area contributed by atoms with Gasteiger partial charge >= 0.3 is 0 Å². The summed E-state index contributed by atoms with van der Waals surface area (Å²) in [6.45, 7) is 2.45. The lowest BCUT2D eigenvalue weighted by molar-refractivity contribution is -0.133. The molecule has 0 saturated heterocycles. The van der Waals surface area contributed by atoms with Gasteiger partial charge in [-0.05, 0) is 32.1 Å². The van der Waals surface area contributed by atoms with Crippen LogP contribution in [0.3, 0.4) is 0 Å². The van der Waals surface area contributed by atoms with E-state index >= 15 is 0 Å². The second-order valence-corrected chi connectivity index (χ2v) is 8.13. The second kappa shape index (κ2) is 6.56. The van der Waals surface area contributed by atoms with E-state index in [0.29, 0.717) is 12.5 Å². The Hall–Kier alpha value is -1.69. The highest BCUT2D eigenvalue weighted by molar-refractivity contribution is 5.81. The number of fused-ring (bicyclic) bond motifs is 1. The summed E-state index contributed by atoms with van der Waals surface area (Å²) >= 11 is 0. The van der Waals surface area contributed by atoms with Crippen molar-refractivity contribution in [1.29, 1.82) is 0 Å². The Morgan fingerprint density at radius 1 is 1.36 bits per heavy atom. The number of hydrogen-bond acceptors (Lipinski definition) is 5. The molecule has 1 aromatic heterocycles. The van der Waals surface area contributed by atoms with Crippen LogP contribution in [0.2, 0.25) is 0 Å². The van der Waals surface area contributed by atoms with Gasteiger partial charge in [0.2, 0.25) is 5.91 Å². The molecule has 1 amide bonds. The lowest BCUT2D eigenvalue weighted by atomic mass is 9.86. The van der Waals surface area contributed by atoms with E-state index in [1.807, 2.05) is 4.90 Å². The number of hydrogen-bond donors (Lipinski definition) is 1. The van der Waals surface area contributed by atoms with E-state index in [0.717, 1.165) is 56.7 Å². The molecular formula is C19H28N4O2. The van der Waals surface area contributed by atoms with Crippen molar-refractivity contribution < 1.29 is 9.90 Å². The van der Waals surface area contributed by atoms with Gasteiger partial charge in [0.05, 0.1) is 18.8 Å². The third-order valence-corrected chi connectivity index (χ3v) is 6.16. The molecule has 6 nitrogen and oxygen atoms in total. The number of aromatic nitrogens is 2. The molecule has 2 aliphatic carbocycles. The van der Waals surface area contributed by atoms with E-state index in [1.165, 1.54) is 18.4 Å². The van der Waals surface area contributed by atoms with E-state index < -0.39 is 0 Å². The minimum atomic E-state index is 0.00915. The van der Waals surface area contributed by atoms with Crippen LogP contribution in [0, 0.1) is 11.3 Å². The van der Waals surface area contributed by atoms with E-state index in [2.05, 4.69) is 21.9 Å². The molecule has 1 aliphatic heterocycles. The molecule has 1 N–H and O–H groups in total. The molecular weight excluding hydrogens is 316 g/mol. The maximum Gasteiger partial charge on any atom is 0.226 e. The number of amides is 1. The first-order valence-corrected chi connectivity index (χ1v) is 9.55. The van der Waals surface area contributed by atoms with Gasteiger partial charge < -0.3 is 14.9 Å². The summed E-state index contributed by atoms with van der Waals surface area (Å²) < 4.78 is 0. The summed E-state index contributed by atoms with van der Waals surface area (Å²) in [7, 11) is 2.07. The van der Waals surface area contributed by atoms with E-state index in [1.54, 1.807) is 6.33 Å². The van der Waals surface area contributed by atoms with Gasteiger partial charge in [-0.1, -0.05) is 12.8 Å². The quantitative estimate of drug-likeness (QED) is 0.881.